The number of fused-ring (bicyclic) bond motifs is 1. The Balaban J connectivity index is 1.61. The monoisotopic (exact) mass is 339 g/mol. The van der Waals surface area contributed by atoms with Crippen LogP contribution in [0.4, 0.5) is 5.00 Å². The quantitative estimate of drug-likeness (QED) is 0.786. The van der Waals surface area contributed by atoms with Crippen molar-refractivity contribution in [1.29, 1.82) is 0 Å². The maximum absolute atomic E-state index is 11.8. The van der Waals surface area contributed by atoms with Gasteiger partial charge in [-0.05, 0) is 36.7 Å². The zero-order valence-corrected chi connectivity index (χ0v) is 13.3. The molecule has 0 saturated heterocycles. The number of aromatic nitrogens is 2. The molecule has 3 aromatic rings. The molecule has 2 heterocycles. The van der Waals surface area contributed by atoms with Crippen LogP contribution in [0.5, 0.6) is 5.75 Å². The van der Waals surface area contributed by atoms with Crippen LogP contribution in [0.25, 0.3) is 10.2 Å². The normalized spacial score (nSPS) is 10.8. The number of amides is 1. The van der Waals surface area contributed by atoms with Crippen molar-refractivity contribution in [3.8, 4) is 5.75 Å². The molecule has 0 spiro atoms. The van der Waals surface area contributed by atoms with Crippen molar-refractivity contribution in [2.75, 3.05) is 11.9 Å². The summed E-state index contributed by atoms with van der Waals surface area (Å²) in [6.45, 7) is 1.70. The largest absolute Gasteiger partial charge is 0.484 e. The maximum Gasteiger partial charge on any atom is 0.262 e. The van der Waals surface area contributed by atoms with E-state index in [1.165, 1.54) is 11.3 Å². The van der Waals surface area contributed by atoms with Gasteiger partial charge in [0.2, 0.25) is 0 Å². The first-order valence-corrected chi connectivity index (χ1v) is 8.04. The first-order valence-electron chi connectivity index (χ1n) is 6.01. The van der Waals surface area contributed by atoms with Crippen molar-refractivity contribution < 1.29 is 9.53 Å². The van der Waals surface area contributed by atoms with Crippen molar-refractivity contribution >= 4 is 55.6 Å². The van der Waals surface area contributed by atoms with Crippen LogP contribution in [0.1, 0.15) is 5.69 Å². The van der Waals surface area contributed by atoms with Crippen LogP contribution in [-0.4, -0.2) is 21.9 Å². The van der Waals surface area contributed by atoms with Gasteiger partial charge >= 0.3 is 0 Å². The lowest BCUT2D eigenvalue weighted by Crippen LogP contribution is -2.19. The van der Waals surface area contributed by atoms with E-state index in [0.29, 0.717) is 21.5 Å². The summed E-state index contributed by atoms with van der Waals surface area (Å²) in [6.07, 6.45) is 0. The van der Waals surface area contributed by atoms with E-state index in [9.17, 15) is 4.79 Å². The topological polar surface area (TPSA) is 64.1 Å². The standard InChI is InChI=1S/C13H10ClN3O2S2/c1-7-12(14)13(21-17-7)16-11(18)5-19-8-2-3-9-10(4-8)20-6-15-9/h2-4,6H,5H2,1H3,(H,16,18). The molecule has 21 heavy (non-hydrogen) atoms. The fourth-order valence-electron chi connectivity index (χ4n) is 1.67. The Morgan fingerprint density at radius 1 is 1.48 bits per heavy atom. The molecule has 2 aromatic heterocycles. The van der Waals surface area contributed by atoms with Gasteiger partial charge in [-0.2, -0.15) is 4.37 Å². The second kappa shape index (κ2) is 5.97. The number of rotatable bonds is 4. The number of hydrogen-bond donors (Lipinski definition) is 1. The Bertz CT molecular complexity index is 800. The number of halogens is 1. The van der Waals surface area contributed by atoms with E-state index in [-0.39, 0.29) is 12.5 Å². The summed E-state index contributed by atoms with van der Waals surface area (Å²) >= 11 is 8.69. The molecule has 0 atom stereocenters. The highest BCUT2D eigenvalue weighted by molar-refractivity contribution is 7.16. The van der Waals surface area contributed by atoms with E-state index in [1.54, 1.807) is 18.5 Å². The molecule has 3 rings (SSSR count). The Labute approximate surface area is 133 Å². The first-order chi connectivity index (χ1) is 10.1. The van der Waals surface area contributed by atoms with Gasteiger partial charge in [0, 0.05) is 0 Å². The molecule has 0 aliphatic heterocycles. The Morgan fingerprint density at radius 2 is 2.33 bits per heavy atom. The molecule has 1 amide bonds. The number of benzene rings is 1. The summed E-state index contributed by atoms with van der Waals surface area (Å²) in [6, 6.07) is 5.52. The van der Waals surface area contributed by atoms with Crippen LogP contribution in [0.2, 0.25) is 5.02 Å². The third kappa shape index (κ3) is 3.15. The van der Waals surface area contributed by atoms with Crippen LogP contribution in [0.3, 0.4) is 0 Å². The SMILES string of the molecule is Cc1nsc(NC(=O)COc2ccc3ncsc3c2)c1Cl. The van der Waals surface area contributed by atoms with Crippen LogP contribution < -0.4 is 10.1 Å². The molecular formula is C13H10ClN3O2S2. The van der Waals surface area contributed by atoms with Gasteiger partial charge in [-0.25, -0.2) is 4.98 Å². The van der Waals surface area contributed by atoms with Crippen LogP contribution in [0, 0.1) is 6.92 Å². The molecule has 108 valence electrons. The fraction of sp³-hybridized carbons (Fsp3) is 0.154. The number of thiazole rings is 1. The number of carbonyl (C=O) groups excluding carboxylic acids is 1. The van der Waals surface area contributed by atoms with Gasteiger partial charge < -0.3 is 10.1 Å². The molecule has 1 aromatic carbocycles. The number of nitrogens with one attached hydrogen (secondary N) is 1. The highest BCUT2D eigenvalue weighted by atomic mass is 35.5. The molecule has 0 radical (unpaired) electrons. The van der Waals surface area contributed by atoms with Crippen LogP contribution in [-0.2, 0) is 4.79 Å². The molecule has 0 fully saturated rings. The third-order valence-electron chi connectivity index (χ3n) is 2.72. The number of hydrogen-bond acceptors (Lipinski definition) is 6. The van der Waals surface area contributed by atoms with Crippen molar-refractivity contribution in [3.63, 3.8) is 0 Å². The zero-order valence-electron chi connectivity index (χ0n) is 10.9. The predicted molar refractivity (Wildman–Crippen MR) is 85.6 cm³/mol. The second-order valence-corrected chi connectivity index (χ2v) is 6.27. The lowest BCUT2D eigenvalue weighted by molar-refractivity contribution is -0.118. The van der Waals surface area contributed by atoms with Crippen molar-refractivity contribution in [2.45, 2.75) is 6.92 Å². The Hall–Kier alpha value is -1.70. The van der Waals surface area contributed by atoms with Crippen molar-refractivity contribution in [1.82, 2.24) is 9.36 Å². The van der Waals surface area contributed by atoms with Crippen LogP contribution >= 0.6 is 34.5 Å². The maximum atomic E-state index is 11.8. The average Bonchev–Trinajstić information content (AvgIpc) is 3.06. The van der Waals surface area contributed by atoms with Crippen molar-refractivity contribution in [2.24, 2.45) is 0 Å². The number of ether oxygens (including phenoxy) is 1. The fourth-order valence-corrected chi connectivity index (χ4v) is 3.33. The lowest BCUT2D eigenvalue weighted by Gasteiger charge is -2.06. The molecule has 0 saturated carbocycles. The van der Waals surface area contributed by atoms with Gasteiger partial charge in [0.15, 0.2) is 6.61 Å². The van der Waals surface area contributed by atoms with Gasteiger partial charge in [-0.15, -0.1) is 11.3 Å². The van der Waals surface area contributed by atoms with Gasteiger partial charge in [-0.3, -0.25) is 4.79 Å². The molecule has 0 bridgehead atoms. The number of carbonyl (C=O) groups is 1. The Morgan fingerprint density at radius 3 is 3.10 bits per heavy atom. The predicted octanol–water partition coefficient (Wildman–Crippen LogP) is 3.73. The average molecular weight is 340 g/mol. The summed E-state index contributed by atoms with van der Waals surface area (Å²) in [5, 5.41) is 3.70. The number of aryl methyl sites for hydroxylation is 1. The van der Waals surface area contributed by atoms with Gasteiger partial charge in [-0.1, -0.05) is 11.6 Å². The van der Waals surface area contributed by atoms with E-state index in [1.807, 2.05) is 12.1 Å². The summed E-state index contributed by atoms with van der Waals surface area (Å²) in [4.78, 5) is 16.0. The Kier molecular flexibility index (Phi) is 4.05. The van der Waals surface area contributed by atoms with Crippen LogP contribution in [0.15, 0.2) is 23.7 Å². The van der Waals surface area contributed by atoms with Gasteiger partial charge in [0.25, 0.3) is 5.91 Å². The van der Waals surface area contributed by atoms with E-state index >= 15 is 0 Å². The molecule has 0 unspecified atom stereocenters. The van der Waals surface area contributed by atoms with E-state index in [2.05, 4.69) is 14.7 Å². The highest BCUT2D eigenvalue weighted by Gasteiger charge is 2.12. The highest BCUT2D eigenvalue weighted by Crippen LogP contribution is 2.29. The second-order valence-electron chi connectivity index (χ2n) is 4.23. The van der Waals surface area contributed by atoms with Gasteiger partial charge in [0.05, 0.1) is 26.4 Å². The summed E-state index contributed by atoms with van der Waals surface area (Å²) < 4.78 is 10.6. The van der Waals surface area contributed by atoms with E-state index in [4.69, 9.17) is 16.3 Å². The first kappa shape index (κ1) is 14.2. The van der Waals surface area contributed by atoms with E-state index < -0.39 is 0 Å². The molecule has 1 N–H and O–H groups in total. The third-order valence-corrected chi connectivity index (χ3v) is 4.94. The van der Waals surface area contributed by atoms with Gasteiger partial charge in [0.1, 0.15) is 10.8 Å². The molecule has 0 aliphatic carbocycles. The minimum Gasteiger partial charge on any atom is -0.484 e. The number of anilines is 1. The van der Waals surface area contributed by atoms with Crippen molar-refractivity contribution in [3.05, 3.63) is 34.4 Å². The minimum atomic E-state index is -0.273. The minimum absolute atomic E-state index is 0.0857. The summed E-state index contributed by atoms with van der Waals surface area (Å²) in [7, 11) is 0. The zero-order chi connectivity index (χ0) is 14.8. The summed E-state index contributed by atoms with van der Waals surface area (Å²) in [5.74, 6) is 0.360. The van der Waals surface area contributed by atoms with E-state index in [0.717, 1.165) is 21.7 Å². The molecular weight excluding hydrogens is 330 g/mol. The lowest BCUT2D eigenvalue weighted by atomic mass is 10.3. The number of nitrogens with zero attached hydrogens (tertiary/aromatic N) is 2. The smallest absolute Gasteiger partial charge is 0.262 e. The molecule has 8 heteroatoms. The summed E-state index contributed by atoms with van der Waals surface area (Å²) in [5.41, 5.74) is 3.40. The molecule has 5 nitrogen and oxygen atoms in total. The molecule has 0 aliphatic rings.